The number of imidazole rings is 1. The fourth-order valence-electron chi connectivity index (χ4n) is 2.18. The summed E-state index contributed by atoms with van der Waals surface area (Å²) >= 11 is 3.52. The predicted molar refractivity (Wildman–Crippen MR) is 77.4 cm³/mol. The lowest BCUT2D eigenvalue weighted by atomic mass is 10.2. The van der Waals surface area contributed by atoms with Crippen LogP contribution in [0.25, 0.3) is 0 Å². The average molecular weight is 306 g/mol. The van der Waals surface area contributed by atoms with Gasteiger partial charge in [-0.15, -0.1) is 0 Å². The van der Waals surface area contributed by atoms with Crippen LogP contribution in [0.1, 0.15) is 30.1 Å². The van der Waals surface area contributed by atoms with E-state index in [1.807, 2.05) is 6.92 Å². The Morgan fingerprint density at radius 2 is 2.06 bits per heavy atom. The summed E-state index contributed by atoms with van der Waals surface area (Å²) in [7, 11) is 0. The molecule has 1 saturated carbocycles. The molecule has 0 spiro atoms. The molecule has 0 radical (unpaired) electrons. The van der Waals surface area contributed by atoms with E-state index >= 15 is 0 Å². The highest BCUT2D eigenvalue weighted by atomic mass is 79.9. The third-order valence-electron chi connectivity index (χ3n) is 3.09. The molecule has 0 aliphatic heterocycles. The highest BCUT2D eigenvalue weighted by Gasteiger charge is 2.26. The van der Waals surface area contributed by atoms with Gasteiger partial charge in [-0.2, -0.15) is 0 Å². The fourth-order valence-corrected chi connectivity index (χ4v) is 2.78. The number of halogens is 1. The Labute approximate surface area is 115 Å². The lowest BCUT2D eigenvalue weighted by Crippen LogP contribution is -2.01. The molecule has 0 amide bonds. The number of aromatic nitrogens is 2. The average Bonchev–Trinajstić information content (AvgIpc) is 3.02. The fraction of sp³-hybridized carbons (Fsp3) is 0.357. The molecule has 2 aromatic rings. The van der Waals surface area contributed by atoms with Gasteiger partial charge in [-0.3, -0.25) is 0 Å². The Hall–Kier alpha value is -1.29. The summed E-state index contributed by atoms with van der Waals surface area (Å²) in [6.45, 7) is 4.13. The summed E-state index contributed by atoms with van der Waals surface area (Å²) in [4.78, 5) is 4.56. The number of anilines is 2. The molecule has 0 atom stereocenters. The quantitative estimate of drug-likeness (QED) is 0.914. The number of rotatable bonds is 3. The second-order valence-corrected chi connectivity index (χ2v) is 5.90. The van der Waals surface area contributed by atoms with Crippen molar-refractivity contribution in [1.29, 1.82) is 0 Å². The first-order chi connectivity index (χ1) is 8.61. The van der Waals surface area contributed by atoms with Gasteiger partial charge in [-0.1, -0.05) is 15.9 Å². The molecule has 94 valence electrons. The highest BCUT2D eigenvalue weighted by molar-refractivity contribution is 9.10. The van der Waals surface area contributed by atoms with Gasteiger partial charge in [0.25, 0.3) is 0 Å². The maximum Gasteiger partial charge on any atom is 0.207 e. The van der Waals surface area contributed by atoms with Crippen molar-refractivity contribution in [2.75, 3.05) is 5.32 Å². The summed E-state index contributed by atoms with van der Waals surface area (Å²) in [5.74, 6) is 0.951. The highest BCUT2D eigenvalue weighted by Crippen LogP contribution is 2.38. The molecule has 1 N–H and O–H groups in total. The van der Waals surface area contributed by atoms with E-state index in [0.717, 1.165) is 21.8 Å². The van der Waals surface area contributed by atoms with Crippen LogP contribution in [0.3, 0.4) is 0 Å². The first kappa shape index (κ1) is 11.8. The predicted octanol–water partition coefficient (Wildman–Crippen LogP) is 4.34. The van der Waals surface area contributed by atoms with Crippen LogP contribution in [0, 0.1) is 13.8 Å². The van der Waals surface area contributed by atoms with Gasteiger partial charge >= 0.3 is 0 Å². The van der Waals surface area contributed by atoms with Gasteiger partial charge in [0.1, 0.15) is 0 Å². The largest absolute Gasteiger partial charge is 0.326 e. The van der Waals surface area contributed by atoms with Crippen LogP contribution < -0.4 is 5.32 Å². The monoisotopic (exact) mass is 305 g/mol. The topological polar surface area (TPSA) is 29.9 Å². The Bertz CT molecular complexity index is 564. The van der Waals surface area contributed by atoms with Crippen molar-refractivity contribution in [2.45, 2.75) is 32.7 Å². The van der Waals surface area contributed by atoms with E-state index in [1.54, 1.807) is 0 Å². The summed E-state index contributed by atoms with van der Waals surface area (Å²) in [5.41, 5.74) is 3.37. The molecule has 0 saturated heterocycles. The zero-order chi connectivity index (χ0) is 12.7. The molecule has 3 rings (SSSR count). The van der Waals surface area contributed by atoms with E-state index in [0.29, 0.717) is 6.04 Å². The van der Waals surface area contributed by atoms with Crippen molar-refractivity contribution in [3.05, 3.63) is 40.1 Å². The number of hydrogen-bond donors (Lipinski definition) is 1. The third kappa shape index (κ3) is 2.43. The smallest absolute Gasteiger partial charge is 0.207 e. The Morgan fingerprint density at radius 1 is 1.28 bits per heavy atom. The van der Waals surface area contributed by atoms with E-state index < -0.39 is 0 Å². The van der Waals surface area contributed by atoms with Gasteiger partial charge in [0.15, 0.2) is 0 Å². The Morgan fingerprint density at radius 3 is 2.72 bits per heavy atom. The van der Waals surface area contributed by atoms with Crippen molar-refractivity contribution in [3.63, 3.8) is 0 Å². The summed E-state index contributed by atoms with van der Waals surface area (Å²) in [6.07, 6.45) is 4.66. The van der Waals surface area contributed by atoms with E-state index in [4.69, 9.17) is 0 Å². The van der Waals surface area contributed by atoms with Gasteiger partial charge in [0.2, 0.25) is 5.95 Å². The van der Waals surface area contributed by atoms with E-state index in [1.165, 1.54) is 18.4 Å². The third-order valence-corrected chi connectivity index (χ3v) is 3.55. The van der Waals surface area contributed by atoms with E-state index in [2.05, 4.69) is 62.1 Å². The van der Waals surface area contributed by atoms with Crippen LogP contribution in [-0.2, 0) is 0 Å². The van der Waals surface area contributed by atoms with Gasteiger partial charge in [-0.05, 0) is 50.5 Å². The molecule has 1 aromatic heterocycles. The molecule has 3 nitrogen and oxygen atoms in total. The standard InChI is InChI=1S/C14H16BrN3/c1-9-5-11(15)7-12(6-9)17-14-16-10(2)8-18(14)13-3-4-13/h5-8,13H,3-4H2,1-2H3,(H,16,17). The van der Waals surface area contributed by atoms with Crippen LogP contribution in [0.5, 0.6) is 0 Å². The molecule has 1 fully saturated rings. The number of aryl methyl sites for hydroxylation is 2. The summed E-state index contributed by atoms with van der Waals surface area (Å²) < 4.78 is 3.34. The lowest BCUT2D eigenvalue weighted by Gasteiger charge is -2.09. The molecule has 1 aromatic carbocycles. The summed E-state index contributed by atoms with van der Waals surface area (Å²) in [5, 5.41) is 3.42. The number of nitrogens with zero attached hydrogens (tertiary/aromatic N) is 2. The second kappa shape index (κ2) is 4.43. The van der Waals surface area contributed by atoms with E-state index in [9.17, 15) is 0 Å². The zero-order valence-corrected chi connectivity index (χ0v) is 12.2. The Balaban J connectivity index is 1.91. The van der Waals surface area contributed by atoms with Crippen LogP contribution in [0.2, 0.25) is 0 Å². The van der Waals surface area contributed by atoms with Crippen molar-refractivity contribution in [1.82, 2.24) is 9.55 Å². The minimum atomic E-state index is 0.641. The SMILES string of the molecule is Cc1cc(Br)cc(Nc2nc(C)cn2C2CC2)c1. The first-order valence-corrected chi connectivity index (χ1v) is 7.01. The van der Waals surface area contributed by atoms with Crippen molar-refractivity contribution >= 4 is 27.6 Å². The normalized spacial score (nSPS) is 14.8. The molecule has 0 unspecified atom stereocenters. The van der Waals surface area contributed by atoms with Crippen LogP contribution in [-0.4, -0.2) is 9.55 Å². The minimum Gasteiger partial charge on any atom is -0.326 e. The van der Waals surface area contributed by atoms with Gasteiger partial charge in [0, 0.05) is 22.4 Å². The molecule has 1 heterocycles. The minimum absolute atomic E-state index is 0.641. The maximum atomic E-state index is 4.56. The Kier molecular flexibility index (Phi) is 2.90. The second-order valence-electron chi connectivity index (χ2n) is 4.99. The van der Waals surface area contributed by atoms with Crippen molar-refractivity contribution in [3.8, 4) is 0 Å². The number of hydrogen-bond acceptors (Lipinski definition) is 2. The first-order valence-electron chi connectivity index (χ1n) is 6.21. The van der Waals surface area contributed by atoms with Crippen LogP contribution in [0.4, 0.5) is 11.6 Å². The van der Waals surface area contributed by atoms with E-state index in [-0.39, 0.29) is 0 Å². The molecule has 0 bridgehead atoms. The zero-order valence-electron chi connectivity index (χ0n) is 10.6. The maximum absolute atomic E-state index is 4.56. The molecular formula is C14H16BrN3. The molecular weight excluding hydrogens is 290 g/mol. The molecule has 4 heteroatoms. The lowest BCUT2D eigenvalue weighted by molar-refractivity contribution is 0.750. The molecule has 18 heavy (non-hydrogen) atoms. The number of benzene rings is 1. The van der Waals surface area contributed by atoms with Crippen molar-refractivity contribution < 1.29 is 0 Å². The van der Waals surface area contributed by atoms with Crippen LogP contribution >= 0.6 is 15.9 Å². The van der Waals surface area contributed by atoms with Gasteiger partial charge in [0.05, 0.1) is 5.69 Å². The van der Waals surface area contributed by atoms with Crippen molar-refractivity contribution in [2.24, 2.45) is 0 Å². The molecule has 1 aliphatic carbocycles. The van der Waals surface area contributed by atoms with Gasteiger partial charge < -0.3 is 9.88 Å². The number of nitrogens with one attached hydrogen (secondary N) is 1. The van der Waals surface area contributed by atoms with Crippen LogP contribution in [0.15, 0.2) is 28.9 Å². The van der Waals surface area contributed by atoms with Gasteiger partial charge in [-0.25, -0.2) is 4.98 Å². The molecule has 1 aliphatic rings. The summed E-state index contributed by atoms with van der Waals surface area (Å²) in [6, 6.07) is 6.95.